The Hall–Kier alpha value is -2.08. The van der Waals surface area contributed by atoms with Crippen LogP contribution in [0.3, 0.4) is 0 Å². The number of rotatable bonds is 7. The number of carboxylic acid groups (broad SMARTS) is 1. The molecule has 4 aliphatic heterocycles. The van der Waals surface area contributed by atoms with Crippen molar-refractivity contribution in [1.82, 2.24) is 20.0 Å². The molecule has 188 valence electrons. The van der Waals surface area contributed by atoms with Crippen molar-refractivity contribution in [3.05, 3.63) is 22.8 Å². The number of nitrogens with zero attached hydrogens (tertiary/aromatic N) is 3. The predicted molar refractivity (Wildman–Crippen MR) is 129 cm³/mol. The predicted octanol–water partition coefficient (Wildman–Crippen LogP) is 0.245. The smallest absolute Gasteiger partial charge is 0.353 e. The van der Waals surface area contributed by atoms with Crippen LogP contribution in [0.2, 0.25) is 0 Å². The number of aliphatic hydroxyl groups excluding tert-OH is 1. The standard InChI is InChI=1S/C23H35N5O5S/c1-11(13(3)26-5-7-27(8-6-26)23(24)33)16-9-15(10-25-16)34-20-12(2)18-17(14(4)29)21(30)28(18)19(20)22(31)32/h12-18,25,29H,1,5-10H2,2-4H3,(H2,24,33)(H,31,32)/t12-,13?,14-,15+,16+,17-,18-/m1/s1. The van der Waals surface area contributed by atoms with Crippen LogP contribution >= 0.6 is 11.8 Å². The van der Waals surface area contributed by atoms with Crippen LogP contribution in [0.5, 0.6) is 0 Å². The summed E-state index contributed by atoms with van der Waals surface area (Å²) in [6.07, 6.45) is 0.0131. The van der Waals surface area contributed by atoms with E-state index in [1.807, 2.05) is 6.92 Å². The lowest BCUT2D eigenvalue weighted by molar-refractivity contribution is -0.163. The van der Waals surface area contributed by atoms with Crippen molar-refractivity contribution in [2.75, 3.05) is 32.7 Å². The molecule has 3 fully saturated rings. The Morgan fingerprint density at radius 1 is 1.24 bits per heavy atom. The maximum Gasteiger partial charge on any atom is 0.353 e. The third kappa shape index (κ3) is 4.23. The van der Waals surface area contributed by atoms with Crippen molar-refractivity contribution in [2.24, 2.45) is 17.6 Å². The number of primary amides is 1. The van der Waals surface area contributed by atoms with Crippen LogP contribution in [0.25, 0.3) is 0 Å². The second kappa shape index (κ2) is 9.52. The van der Waals surface area contributed by atoms with Crippen LogP contribution < -0.4 is 11.1 Å². The van der Waals surface area contributed by atoms with Gasteiger partial charge in [0.25, 0.3) is 0 Å². The number of nitrogens with two attached hydrogens (primary N) is 1. The number of hydrogen-bond donors (Lipinski definition) is 4. The van der Waals surface area contributed by atoms with E-state index in [0.29, 0.717) is 13.1 Å². The van der Waals surface area contributed by atoms with E-state index < -0.39 is 18.0 Å². The maximum atomic E-state index is 12.6. The summed E-state index contributed by atoms with van der Waals surface area (Å²) >= 11 is 1.54. The molecule has 4 heterocycles. The lowest BCUT2D eigenvalue weighted by atomic mass is 9.79. The third-order valence-corrected chi connectivity index (χ3v) is 9.36. The van der Waals surface area contributed by atoms with Crippen LogP contribution in [-0.2, 0) is 9.59 Å². The molecular weight excluding hydrogens is 458 g/mol. The Kier molecular flexibility index (Phi) is 7.01. The van der Waals surface area contributed by atoms with E-state index in [1.54, 1.807) is 23.6 Å². The monoisotopic (exact) mass is 493 g/mol. The molecule has 0 aliphatic carbocycles. The molecule has 0 radical (unpaired) electrons. The van der Waals surface area contributed by atoms with Crippen molar-refractivity contribution >= 4 is 29.7 Å². The molecule has 4 aliphatic rings. The Balaban J connectivity index is 1.38. The molecule has 10 nitrogen and oxygen atoms in total. The number of carbonyl (C=O) groups excluding carboxylic acids is 2. The average molecular weight is 494 g/mol. The molecule has 4 rings (SSSR count). The highest BCUT2D eigenvalue weighted by molar-refractivity contribution is 8.03. The molecule has 0 aromatic heterocycles. The summed E-state index contributed by atoms with van der Waals surface area (Å²) in [4.78, 5) is 42.0. The maximum absolute atomic E-state index is 12.6. The molecule has 3 amide bonds. The number of amides is 3. The zero-order chi connectivity index (χ0) is 24.9. The van der Waals surface area contributed by atoms with Gasteiger partial charge in [0.05, 0.1) is 18.1 Å². The Labute approximate surface area is 204 Å². The van der Waals surface area contributed by atoms with Gasteiger partial charge < -0.3 is 31.1 Å². The van der Waals surface area contributed by atoms with Crippen molar-refractivity contribution in [2.45, 2.75) is 56.7 Å². The van der Waals surface area contributed by atoms with E-state index in [4.69, 9.17) is 5.73 Å². The van der Waals surface area contributed by atoms with Gasteiger partial charge in [-0.2, -0.15) is 0 Å². The fraction of sp³-hybridized carbons (Fsp3) is 0.696. The van der Waals surface area contributed by atoms with Crippen molar-refractivity contribution in [3.8, 4) is 0 Å². The summed E-state index contributed by atoms with van der Waals surface area (Å²) in [5, 5.41) is 23.6. The molecule has 0 spiro atoms. The first-order chi connectivity index (χ1) is 16.0. The number of carboxylic acids is 1. The summed E-state index contributed by atoms with van der Waals surface area (Å²) in [5.41, 5.74) is 6.54. The molecular formula is C23H35N5O5S. The van der Waals surface area contributed by atoms with Gasteiger partial charge >= 0.3 is 12.0 Å². The van der Waals surface area contributed by atoms with Gasteiger partial charge in [0.1, 0.15) is 5.70 Å². The molecule has 5 N–H and O–H groups in total. The Bertz CT molecular complexity index is 915. The van der Waals surface area contributed by atoms with E-state index in [2.05, 4.69) is 23.7 Å². The van der Waals surface area contributed by atoms with Gasteiger partial charge in [0.15, 0.2) is 0 Å². The van der Waals surface area contributed by atoms with E-state index in [1.165, 1.54) is 4.90 Å². The number of urea groups is 1. The average Bonchev–Trinajstić information content (AvgIpc) is 3.34. The summed E-state index contributed by atoms with van der Waals surface area (Å²) in [6.45, 7) is 13.5. The van der Waals surface area contributed by atoms with Crippen LogP contribution in [0.1, 0.15) is 27.2 Å². The first-order valence-electron chi connectivity index (χ1n) is 11.9. The lowest BCUT2D eigenvalue weighted by Gasteiger charge is -2.46. The zero-order valence-corrected chi connectivity index (χ0v) is 20.8. The number of carbonyl (C=O) groups is 3. The molecule has 0 saturated carbocycles. The fourth-order valence-corrected chi connectivity index (χ4v) is 7.27. The Morgan fingerprint density at radius 2 is 1.88 bits per heavy atom. The van der Waals surface area contributed by atoms with Crippen molar-refractivity contribution in [1.29, 1.82) is 0 Å². The minimum atomic E-state index is -1.09. The third-order valence-electron chi connectivity index (χ3n) is 7.85. The van der Waals surface area contributed by atoms with E-state index >= 15 is 0 Å². The van der Waals surface area contributed by atoms with Gasteiger partial charge in [-0.3, -0.25) is 9.69 Å². The number of thioether (sulfide) groups is 1. The summed E-state index contributed by atoms with van der Waals surface area (Å²) in [6, 6.07) is -0.427. The SMILES string of the molecule is C=C(C(C)N1CCN(C(N)=O)CC1)[C@@H]1C[C@H](SC2=C(C(=O)O)N3C(=O)[C@H]([C@@H](C)O)[C@H]3[C@H]2C)CN1. The summed E-state index contributed by atoms with van der Waals surface area (Å²) in [5.74, 6) is -2.07. The van der Waals surface area contributed by atoms with Crippen LogP contribution in [0.4, 0.5) is 4.79 Å². The Morgan fingerprint density at radius 3 is 2.44 bits per heavy atom. The molecule has 0 aromatic carbocycles. The molecule has 1 unspecified atom stereocenters. The number of fused-ring (bicyclic) bond motifs is 1. The quantitative estimate of drug-likeness (QED) is 0.292. The van der Waals surface area contributed by atoms with Crippen LogP contribution in [-0.4, -0.2) is 105 Å². The highest BCUT2D eigenvalue weighted by Gasteiger charge is 2.60. The lowest BCUT2D eigenvalue weighted by Crippen LogP contribution is -2.63. The number of β-lactam (4-membered cyclic amide) rings is 1. The second-order valence-corrected chi connectivity index (χ2v) is 11.2. The highest BCUT2D eigenvalue weighted by atomic mass is 32.2. The number of nitrogens with one attached hydrogen (secondary N) is 1. The van der Waals surface area contributed by atoms with Crippen LogP contribution in [0.15, 0.2) is 22.8 Å². The minimum absolute atomic E-state index is 0.0763. The minimum Gasteiger partial charge on any atom is -0.477 e. The number of aliphatic carboxylic acids is 1. The first kappa shape index (κ1) is 25.0. The summed E-state index contributed by atoms with van der Waals surface area (Å²) < 4.78 is 0. The topological polar surface area (TPSA) is 139 Å². The van der Waals surface area contributed by atoms with E-state index in [9.17, 15) is 24.6 Å². The van der Waals surface area contributed by atoms with Gasteiger partial charge in [-0.05, 0) is 25.8 Å². The summed E-state index contributed by atoms with van der Waals surface area (Å²) in [7, 11) is 0. The van der Waals surface area contributed by atoms with Gasteiger partial charge in [-0.25, -0.2) is 9.59 Å². The van der Waals surface area contributed by atoms with Gasteiger partial charge in [0.2, 0.25) is 5.91 Å². The second-order valence-electron chi connectivity index (χ2n) is 9.82. The van der Waals surface area contributed by atoms with E-state index in [-0.39, 0.29) is 46.9 Å². The molecule has 34 heavy (non-hydrogen) atoms. The van der Waals surface area contributed by atoms with Gasteiger partial charge in [-0.1, -0.05) is 13.5 Å². The molecule has 3 saturated heterocycles. The van der Waals surface area contributed by atoms with Crippen molar-refractivity contribution in [3.63, 3.8) is 0 Å². The first-order valence-corrected chi connectivity index (χ1v) is 12.8. The van der Waals surface area contributed by atoms with Crippen molar-refractivity contribution < 1.29 is 24.6 Å². The molecule has 0 bridgehead atoms. The largest absolute Gasteiger partial charge is 0.477 e. The number of piperazine rings is 1. The zero-order valence-electron chi connectivity index (χ0n) is 19.9. The molecule has 11 heteroatoms. The molecule has 7 atom stereocenters. The van der Waals surface area contributed by atoms with E-state index in [0.717, 1.165) is 36.5 Å². The normalized spacial score (nSPS) is 33.5. The van der Waals surface area contributed by atoms with Gasteiger partial charge in [0, 0.05) is 60.9 Å². The van der Waals surface area contributed by atoms with Crippen LogP contribution in [0, 0.1) is 11.8 Å². The number of hydrogen-bond acceptors (Lipinski definition) is 7. The number of aliphatic hydroxyl groups is 1. The fourth-order valence-electron chi connectivity index (χ4n) is 5.79. The highest BCUT2D eigenvalue weighted by Crippen LogP contribution is 2.52. The van der Waals surface area contributed by atoms with Gasteiger partial charge in [-0.15, -0.1) is 11.8 Å². The molecule has 0 aromatic rings.